The molecule has 0 atom stereocenters. The molecular weight excluding hydrogens is 432 g/mol. The Hall–Kier alpha value is -3.92. The summed E-state index contributed by atoms with van der Waals surface area (Å²) in [6.07, 6.45) is 1.33. The Kier molecular flexibility index (Phi) is 7.06. The molecule has 9 nitrogen and oxygen atoms in total. The zero-order valence-corrected chi connectivity index (χ0v) is 18.3. The number of carbonyl (C=O) groups is 2. The fourth-order valence-corrected chi connectivity index (χ4v) is 3.74. The predicted molar refractivity (Wildman–Crippen MR) is 120 cm³/mol. The van der Waals surface area contributed by atoms with E-state index in [0.717, 1.165) is 0 Å². The van der Waals surface area contributed by atoms with E-state index in [1.54, 1.807) is 24.3 Å². The van der Waals surface area contributed by atoms with E-state index in [-0.39, 0.29) is 28.3 Å². The van der Waals surface area contributed by atoms with Crippen LogP contribution in [0, 0.1) is 0 Å². The van der Waals surface area contributed by atoms with E-state index in [0.29, 0.717) is 23.5 Å². The Labute approximate surface area is 185 Å². The van der Waals surface area contributed by atoms with Gasteiger partial charge in [0, 0.05) is 30.8 Å². The Morgan fingerprint density at radius 2 is 1.59 bits per heavy atom. The summed E-state index contributed by atoms with van der Waals surface area (Å²) in [4.78, 5) is 27.0. The van der Waals surface area contributed by atoms with Gasteiger partial charge in [-0.05, 0) is 61.5 Å². The van der Waals surface area contributed by atoms with Gasteiger partial charge < -0.3 is 15.4 Å². The van der Waals surface area contributed by atoms with Crippen LogP contribution in [0.5, 0.6) is 11.6 Å². The van der Waals surface area contributed by atoms with E-state index in [9.17, 15) is 18.0 Å². The zero-order valence-electron chi connectivity index (χ0n) is 17.5. The molecule has 32 heavy (non-hydrogen) atoms. The SMILES string of the molecule is CCNC(=O)c1ccc(Oc2ccc(NS(=O)(=O)c3ccc(NC(C)=O)cc3)cn2)cc1. The number of sulfonamides is 1. The zero-order chi connectivity index (χ0) is 23.1. The average Bonchev–Trinajstić information content (AvgIpc) is 2.75. The molecular formula is C22H22N4O5S. The summed E-state index contributed by atoms with van der Waals surface area (Å²) in [6.45, 7) is 3.75. The van der Waals surface area contributed by atoms with Gasteiger partial charge in [0.15, 0.2) is 0 Å². The normalized spacial score (nSPS) is 10.8. The van der Waals surface area contributed by atoms with Crippen LogP contribution in [0.15, 0.2) is 71.8 Å². The molecule has 0 unspecified atom stereocenters. The second-order valence-electron chi connectivity index (χ2n) is 6.68. The maximum Gasteiger partial charge on any atom is 0.261 e. The van der Waals surface area contributed by atoms with Gasteiger partial charge in [-0.2, -0.15) is 0 Å². The third-order valence-corrected chi connectivity index (χ3v) is 5.55. The Morgan fingerprint density at radius 3 is 2.16 bits per heavy atom. The van der Waals surface area contributed by atoms with Crippen molar-refractivity contribution in [2.45, 2.75) is 18.7 Å². The summed E-state index contributed by atoms with van der Waals surface area (Å²) < 4.78 is 33.2. The molecule has 2 aromatic carbocycles. The van der Waals surface area contributed by atoms with Crippen molar-refractivity contribution in [2.24, 2.45) is 0 Å². The van der Waals surface area contributed by atoms with Crippen LogP contribution in [0.1, 0.15) is 24.2 Å². The molecule has 1 heterocycles. The van der Waals surface area contributed by atoms with Crippen LogP contribution >= 0.6 is 0 Å². The lowest BCUT2D eigenvalue weighted by atomic mass is 10.2. The first-order chi connectivity index (χ1) is 15.3. The van der Waals surface area contributed by atoms with Crippen LogP contribution in [0.4, 0.5) is 11.4 Å². The maximum absolute atomic E-state index is 12.6. The first-order valence-corrected chi connectivity index (χ1v) is 11.2. The number of nitrogens with zero attached hydrogens (tertiary/aromatic N) is 1. The molecule has 1 aromatic heterocycles. The van der Waals surface area contributed by atoms with Crippen molar-refractivity contribution in [2.75, 3.05) is 16.6 Å². The standard InChI is InChI=1S/C22H22N4O5S/c1-3-23-22(28)16-4-9-19(10-5-16)31-21-13-8-18(14-24-21)26-32(29,30)20-11-6-17(7-12-20)25-15(2)27/h4-14,26H,3H2,1-2H3,(H,23,28)(H,25,27). The minimum absolute atomic E-state index is 0.0409. The topological polar surface area (TPSA) is 126 Å². The molecule has 3 rings (SSSR count). The van der Waals surface area contributed by atoms with E-state index in [2.05, 4.69) is 20.3 Å². The summed E-state index contributed by atoms with van der Waals surface area (Å²) >= 11 is 0. The average molecular weight is 455 g/mol. The quantitative estimate of drug-likeness (QED) is 0.479. The maximum atomic E-state index is 12.6. The number of hydrogen-bond donors (Lipinski definition) is 3. The lowest BCUT2D eigenvalue weighted by Gasteiger charge is -2.10. The highest BCUT2D eigenvalue weighted by Crippen LogP contribution is 2.23. The van der Waals surface area contributed by atoms with Gasteiger partial charge in [0.1, 0.15) is 5.75 Å². The van der Waals surface area contributed by atoms with E-state index >= 15 is 0 Å². The summed E-state index contributed by atoms with van der Waals surface area (Å²) in [5, 5.41) is 5.29. The van der Waals surface area contributed by atoms with Gasteiger partial charge in [-0.3, -0.25) is 14.3 Å². The molecule has 0 spiro atoms. The Morgan fingerprint density at radius 1 is 0.938 bits per heavy atom. The molecule has 166 valence electrons. The minimum Gasteiger partial charge on any atom is -0.439 e. The highest BCUT2D eigenvalue weighted by atomic mass is 32.2. The molecule has 0 aliphatic carbocycles. The van der Waals surface area contributed by atoms with E-state index < -0.39 is 10.0 Å². The van der Waals surface area contributed by atoms with Crippen molar-refractivity contribution < 1.29 is 22.7 Å². The highest BCUT2D eigenvalue weighted by molar-refractivity contribution is 7.92. The third kappa shape index (κ3) is 6.05. The van der Waals surface area contributed by atoms with Crippen molar-refractivity contribution in [1.29, 1.82) is 0 Å². The minimum atomic E-state index is -3.83. The van der Waals surface area contributed by atoms with Crippen molar-refractivity contribution in [1.82, 2.24) is 10.3 Å². The Balaban J connectivity index is 1.64. The molecule has 3 aromatic rings. The number of nitrogens with one attached hydrogen (secondary N) is 3. The summed E-state index contributed by atoms with van der Waals surface area (Å²) in [7, 11) is -3.83. The number of anilines is 2. The van der Waals surface area contributed by atoms with Gasteiger partial charge in [0.05, 0.1) is 16.8 Å². The third-order valence-electron chi connectivity index (χ3n) is 4.15. The predicted octanol–water partition coefficient (Wildman–Crippen LogP) is 3.38. The fourth-order valence-electron chi connectivity index (χ4n) is 2.69. The number of aromatic nitrogens is 1. The van der Waals surface area contributed by atoms with Crippen LogP contribution in [-0.2, 0) is 14.8 Å². The second-order valence-corrected chi connectivity index (χ2v) is 8.36. The van der Waals surface area contributed by atoms with Crippen LogP contribution in [0.25, 0.3) is 0 Å². The van der Waals surface area contributed by atoms with Crippen molar-refractivity contribution in [3.05, 3.63) is 72.4 Å². The van der Waals surface area contributed by atoms with Gasteiger partial charge in [-0.15, -0.1) is 0 Å². The highest BCUT2D eigenvalue weighted by Gasteiger charge is 2.15. The molecule has 0 saturated carbocycles. The number of benzene rings is 2. The van der Waals surface area contributed by atoms with Gasteiger partial charge in [0.2, 0.25) is 11.8 Å². The molecule has 2 amide bonds. The summed E-state index contributed by atoms with van der Waals surface area (Å²) in [6, 6.07) is 15.4. The van der Waals surface area contributed by atoms with E-state index in [4.69, 9.17) is 4.74 Å². The summed E-state index contributed by atoms with van der Waals surface area (Å²) in [5.74, 6) is 0.333. The molecule has 0 aliphatic rings. The monoisotopic (exact) mass is 454 g/mol. The number of ether oxygens (including phenoxy) is 1. The molecule has 0 bridgehead atoms. The van der Waals surface area contributed by atoms with Gasteiger partial charge in [-0.25, -0.2) is 13.4 Å². The number of hydrogen-bond acceptors (Lipinski definition) is 6. The summed E-state index contributed by atoms with van der Waals surface area (Å²) in [5.41, 5.74) is 1.27. The van der Waals surface area contributed by atoms with Crippen LogP contribution in [-0.4, -0.2) is 31.8 Å². The molecule has 3 N–H and O–H groups in total. The molecule has 0 radical (unpaired) electrons. The number of carbonyl (C=O) groups excluding carboxylic acids is 2. The van der Waals surface area contributed by atoms with Crippen molar-refractivity contribution in [3.63, 3.8) is 0 Å². The molecule has 0 aliphatic heterocycles. The largest absolute Gasteiger partial charge is 0.439 e. The van der Waals surface area contributed by atoms with Crippen LogP contribution in [0.3, 0.4) is 0 Å². The van der Waals surface area contributed by atoms with Crippen molar-refractivity contribution >= 4 is 33.2 Å². The van der Waals surface area contributed by atoms with Crippen LogP contribution < -0.4 is 20.1 Å². The lowest BCUT2D eigenvalue weighted by Crippen LogP contribution is -2.22. The number of amides is 2. The fraction of sp³-hybridized carbons (Fsp3) is 0.136. The second kappa shape index (κ2) is 9.92. The number of pyridine rings is 1. The molecule has 0 fully saturated rings. The Bertz CT molecular complexity index is 1190. The lowest BCUT2D eigenvalue weighted by molar-refractivity contribution is -0.114. The smallest absolute Gasteiger partial charge is 0.261 e. The van der Waals surface area contributed by atoms with Gasteiger partial charge >= 0.3 is 0 Å². The number of rotatable bonds is 8. The van der Waals surface area contributed by atoms with E-state index in [1.165, 1.54) is 49.5 Å². The van der Waals surface area contributed by atoms with Gasteiger partial charge in [-0.1, -0.05) is 0 Å². The molecule has 0 saturated heterocycles. The first kappa shape index (κ1) is 22.8. The first-order valence-electron chi connectivity index (χ1n) is 9.69. The van der Waals surface area contributed by atoms with Gasteiger partial charge in [0.25, 0.3) is 15.9 Å². The molecule has 10 heteroatoms. The van der Waals surface area contributed by atoms with Crippen molar-refractivity contribution in [3.8, 4) is 11.6 Å². The van der Waals surface area contributed by atoms with Crippen LogP contribution in [0.2, 0.25) is 0 Å². The van der Waals surface area contributed by atoms with E-state index in [1.807, 2.05) is 6.92 Å².